The van der Waals surface area contributed by atoms with Gasteiger partial charge in [0.1, 0.15) is 0 Å². The molecule has 1 aromatic heterocycles. The van der Waals surface area contributed by atoms with Gasteiger partial charge in [0.05, 0.1) is 11.4 Å². The first-order valence-corrected chi connectivity index (χ1v) is 9.57. The van der Waals surface area contributed by atoms with Crippen molar-refractivity contribution in [2.45, 2.75) is 20.3 Å². The average Bonchev–Trinajstić information content (AvgIpc) is 3.06. The molecule has 0 saturated carbocycles. The Morgan fingerprint density at radius 1 is 0.667 bits per heavy atom. The molecule has 2 aromatic carbocycles. The van der Waals surface area contributed by atoms with Crippen molar-refractivity contribution < 1.29 is 0 Å². The molecular formula is C26H25N. The summed E-state index contributed by atoms with van der Waals surface area (Å²) in [6, 6.07) is 25.2. The summed E-state index contributed by atoms with van der Waals surface area (Å²) in [4.78, 5) is 4.94. The first kappa shape index (κ1) is 18.6. The summed E-state index contributed by atoms with van der Waals surface area (Å²) in [6.45, 7) is 4.00. The van der Waals surface area contributed by atoms with Gasteiger partial charge in [0, 0.05) is 5.56 Å². The predicted octanol–water partition coefficient (Wildman–Crippen LogP) is 7.34. The Morgan fingerprint density at radius 3 is 2.00 bits per heavy atom. The van der Waals surface area contributed by atoms with Gasteiger partial charge in [0.15, 0.2) is 0 Å². The molecule has 0 aliphatic heterocycles. The molecule has 0 amide bonds. The highest BCUT2D eigenvalue weighted by Gasteiger charge is 2.09. The summed E-state index contributed by atoms with van der Waals surface area (Å²) in [5.41, 5.74) is 6.67. The Hall–Kier alpha value is -3.19. The zero-order valence-electron chi connectivity index (χ0n) is 16.0. The van der Waals surface area contributed by atoms with E-state index in [-0.39, 0.29) is 0 Å². The van der Waals surface area contributed by atoms with Crippen molar-refractivity contribution in [2.75, 3.05) is 0 Å². The van der Waals surface area contributed by atoms with Crippen molar-refractivity contribution in [3.8, 4) is 22.4 Å². The molecule has 1 nitrogen and oxygen atoms in total. The van der Waals surface area contributed by atoms with Gasteiger partial charge in [0.25, 0.3) is 0 Å². The van der Waals surface area contributed by atoms with E-state index < -0.39 is 0 Å². The van der Waals surface area contributed by atoms with Gasteiger partial charge < -0.3 is 0 Å². The summed E-state index contributed by atoms with van der Waals surface area (Å²) in [6.07, 6.45) is 11.7. The lowest BCUT2D eigenvalue weighted by Crippen LogP contribution is -1.93. The minimum atomic E-state index is 0.962. The topological polar surface area (TPSA) is 12.9 Å². The van der Waals surface area contributed by atoms with Crippen LogP contribution in [0, 0.1) is 0 Å². The van der Waals surface area contributed by atoms with Crippen LogP contribution in [0.15, 0.2) is 103 Å². The molecule has 0 unspecified atom stereocenters. The maximum Gasteiger partial charge on any atom is 0.0715 e. The number of hydrogen-bond acceptors (Lipinski definition) is 1. The highest BCUT2D eigenvalue weighted by molar-refractivity contribution is 5.80. The molecule has 1 aliphatic rings. The zero-order chi connectivity index (χ0) is 18.9. The molecule has 134 valence electrons. The molecule has 0 spiro atoms. The third-order valence-corrected chi connectivity index (χ3v) is 4.28. The zero-order valence-corrected chi connectivity index (χ0v) is 16.0. The summed E-state index contributed by atoms with van der Waals surface area (Å²) in [7, 11) is 0. The van der Waals surface area contributed by atoms with Crippen LogP contribution < -0.4 is 0 Å². The molecule has 0 atom stereocenters. The van der Waals surface area contributed by atoms with Crippen molar-refractivity contribution in [2.24, 2.45) is 0 Å². The maximum atomic E-state index is 4.94. The quantitative estimate of drug-likeness (QED) is 0.481. The van der Waals surface area contributed by atoms with Crippen LogP contribution in [0.2, 0.25) is 0 Å². The van der Waals surface area contributed by atoms with Gasteiger partial charge in [0.2, 0.25) is 0 Å². The average molecular weight is 351 g/mol. The van der Waals surface area contributed by atoms with E-state index in [4.69, 9.17) is 4.98 Å². The molecule has 1 heteroatoms. The lowest BCUT2D eigenvalue weighted by atomic mass is 10.00. The van der Waals surface area contributed by atoms with Gasteiger partial charge in [-0.15, -0.1) is 0 Å². The van der Waals surface area contributed by atoms with Crippen LogP contribution in [0.5, 0.6) is 0 Å². The summed E-state index contributed by atoms with van der Waals surface area (Å²) >= 11 is 0. The molecule has 3 aromatic rings. The Morgan fingerprint density at radius 2 is 1.30 bits per heavy atom. The lowest BCUT2D eigenvalue weighted by molar-refractivity contribution is 1.28. The van der Waals surface area contributed by atoms with Gasteiger partial charge in [-0.05, 0) is 35.3 Å². The second-order valence-corrected chi connectivity index (χ2v) is 6.05. The summed E-state index contributed by atoms with van der Waals surface area (Å²) in [5.74, 6) is 0. The predicted molar refractivity (Wildman–Crippen MR) is 117 cm³/mol. The molecule has 0 saturated heterocycles. The van der Waals surface area contributed by atoms with Crippen LogP contribution in [0.3, 0.4) is 0 Å². The summed E-state index contributed by atoms with van der Waals surface area (Å²) in [5, 5.41) is 0. The van der Waals surface area contributed by atoms with Gasteiger partial charge in [-0.2, -0.15) is 0 Å². The van der Waals surface area contributed by atoms with Gasteiger partial charge >= 0.3 is 0 Å². The fraction of sp³-hybridized carbons (Fsp3) is 0.115. The number of nitrogens with zero attached hydrogens (tertiary/aromatic N) is 1. The van der Waals surface area contributed by atoms with Crippen molar-refractivity contribution in [3.63, 3.8) is 0 Å². The molecule has 0 bridgehead atoms. The number of benzene rings is 2. The number of hydrogen-bond donors (Lipinski definition) is 0. The number of allylic oxidation sites excluding steroid dienone is 6. The number of rotatable bonds is 3. The van der Waals surface area contributed by atoms with E-state index in [9.17, 15) is 0 Å². The van der Waals surface area contributed by atoms with E-state index in [2.05, 4.69) is 91.0 Å². The highest BCUT2D eigenvalue weighted by Crippen LogP contribution is 2.29. The van der Waals surface area contributed by atoms with Crippen LogP contribution in [0.25, 0.3) is 28.0 Å². The smallest absolute Gasteiger partial charge is 0.0715 e. The summed E-state index contributed by atoms with van der Waals surface area (Å²) < 4.78 is 0. The van der Waals surface area contributed by atoms with E-state index in [0.717, 1.165) is 28.9 Å². The van der Waals surface area contributed by atoms with E-state index in [1.54, 1.807) is 0 Å². The molecule has 27 heavy (non-hydrogen) atoms. The number of aromatic nitrogens is 1. The maximum absolute atomic E-state index is 4.94. The van der Waals surface area contributed by atoms with Gasteiger partial charge in [-0.25, -0.2) is 4.98 Å². The van der Waals surface area contributed by atoms with E-state index in [1.807, 2.05) is 26.0 Å². The number of pyridine rings is 1. The Bertz CT molecular complexity index is 890. The third-order valence-electron chi connectivity index (χ3n) is 4.28. The van der Waals surface area contributed by atoms with Crippen LogP contribution in [-0.2, 0) is 0 Å². The molecule has 1 heterocycles. The molecular weight excluding hydrogens is 326 g/mol. The normalized spacial score (nSPS) is 12.6. The van der Waals surface area contributed by atoms with Crippen LogP contribution >= 0.6 is 0 Å². The van der Waals surface area contributed by atoms with Crippen molar-refractivity contribution in [3.05, 3.63) is 109 Å². The van der Waals surface area contributed by atoms with Gasteiger partial charge in [-0.1, -0.05) is 105 Å². The molecule has 1 aliphatic carbocycles. The van der Waals surface area contributed by atoms with Crippen LogP contribution in [0.4, 0.5) is 0 Å². The largest absolute Gasteiger partial charge is 0.248 e. The first-order chi connectivity index (χ1) is 13.4. The van der Waals surface area contributed by atoms with E-state index >= 15 is 0 Å². The highest BCUT2D eigenvalue weighted by atomic mass is 14.7. The second-order valence-electron chi connectivity index (χ2n) is 6.05. The Balaban J connectivity index is 0.00000102. The Labute approximate surface area is 162 Å². The molecule has 0 fully saturated rings. The minimum Gasteiger partial charge on any atom is -0.248 e. The minimum absolute atomic E-state index is 0.962. The molecule has 4 rings (SSSR count). The van der Waals surface area contributed by atoms with E-state index in [0.29, 0.717) is 0 Å². The molecule has 0 N–H and O–H groups in total. The van der Waals surface area contributed by atoms with Crippen LogP contribution in [0.1, 0.15) is 26.0 Å². The first-order valence-electron chi connectivity index (χ1n) is 9.57. The Kier molecular flexibility index (Phi) is 6.54. The standard InChI is InChI=1S/C24H19N.C2H6/c1-2-6-14-20(13-5-1)23-17-22(19-11-7-3-8-12-19)18-24(25-23)21-15-9-4-10-16-21;1-2/h1,3-18H,2H2;1-2H3. The lowest BCUT2D eigenvalue weighted by Gasteiger charge is -2.10. The van der Waals surface area contributed by atoms with Crippen molar-refractivity contribution >= 4 is 5.57 Å². The van der Waals surface area contributed by atoms with Crippen molar-refractivity contribution in [1.82, 2.24) is 4.98 Å². The van der Waals surface area contributed by atoms with Crippen molar-refractivity contribution in [1.29, 1.82) is 0 Å². The fourth-order valence-electron chi connectivity index (χ4n) is 2.98. The van der Waals surface area contributed by atoms with E-state index in [1.165, 1.54) is 11.1 Å². The third kappa shape index (κ3) is 4.71. The van der Waals surface area contributed by atoms with Gasteiger partial charge in [-0.3, -0.25) is 0 Å². The SMILES string of the molecule is C1=CCC=CC(c2cc(-c3ccccc3)cc(-c3ccccc3)n2)=C1.CC. The monoisotopic (exact) mass is 351 g/mol. The molecule has 0 radical (unpaired) electrons. The fourth-order valence-corrected chi connectivity index (χ4v) is 2.98. The second kappa shape index (κ2) is 9.49. The van der Waals surface area contributed by atoms with Crippen LogP contribution in [-0.4, -0.2) is 4.98 Å².